The molecule has 0 aliphatic rings. The van der Waals surface area contributed by atoms with Crippen LogP contribution in [0.4, 0.5) is 0 Å². The lowest BCUT2D eigenvalue weighted by molar-refractivity contribution is -0.126. The van der Waals surface area contributed by atoms with Crippen LogP contribution in [0.5, 0.6) is 5.75 Å². The summed E-state index contributed by atoms with van der Waals surface area (Å²) in [5.74, 6) is -0.0670. The summed E-state index contributed by atoms with van der Waals surface area (Å²) < 4.78 is 10.3. The maximum atomic E-state index is 11.9. The van der Waals surface area contributed by atoms with Crippen molar-refractivity contribution >= 4 is 22.9 Å². The van der Waals surface area contributed by atoms with Crippen molar-refractivity contribution in [2.75, 3.05) is 26.9 Å². The zero-order chi connectivity index (χ0) is 19.9. The zero-order valence-corrected chi connectivity index (χ0v) is 15.5. The highest BCUT2D eigenvalue weighted by Gasteiger charge is 2.12. The van der Waals surface area contributed by atoms with E-state index in [4.69, 9.17) is 9.57 Å². The molecule has 1 amide bonds. The van der Waals surface area contributed by atoms with Crippen molar-refractivity contribution in [3.8, 4) is 5.75 Å². The van der Waals surface area contributed by atoms with Gasteiger partial charge in [-0.25, -0.2) is 4.79 Å². The molecule has 146 valence electrons. The minimum atomic E-state index is -0.485. The number of aryl methyl sites for hydroxylation is 1. The summed E-state index contributed by atoms with van der Waals surface area (Å²) in [6.07, 6.45) is 0. The van der Waals surface area contributed by atoms with Crippen LogP contribution in [0.25, 0.3) is 11.0 Å². The van der Waals surface area contributed by atoms with E-state index in [1.165, 1.54) is 13.2 Å². The average molecular weight is 384 g/mol. The molecule has 0 atom stereocenters. The third-order valence-corrected chi connectivity index (χ3v) is 3.84. The molecule has 0 aliphatic carbocycles. The lowest BCUT2D eigenvalue weighted by Gasteiger charge is -2.09. The van der Waals surface area contributed by atoms with E-state index < -0.39 is 5.97 Å². The number of amides is 1. The van der Waals surface area contributed by atoms with E-state index in [1.807, 2.05) is 31.2 Å². The minimum Gasteiger partial charge on any atom is -0.492 e. The molecule has 0 spiro atoms. The lowest BCUT2D eigenvalue weighted by Crippen LogP contribution is -2.34. The summed E-state index contributed by atoms with van der Waals surface area (Å²) in [6, 6.07) is 12.4. The van der Waals surface area contributed by atoms with Crippen LogP contribution in [0.2, 0.25) is 0 Å². The maximum Gasteiger partial charge on any atom is 0.337 e. The van der Waals surface area contributed by atoms with Gasteiger partial charge >= 0.3 is 5.97 Å². The number of ether oxygens (including phenoxy) is 2. The SMILES string of the molecule is COC(=O)c1ccc2nnn(OCC(=O)NCCOc3cccc(C)c3)c2c1. The van der Waals surface area contributed by atoms with Gasteiger partial charge in [0, 0.05) is 0 Å². The first-order valence-electron chi connectivity index (χ1n) is 8.60. The van der Waals surface area contributed by atoms with Crippen molar-refractivity contribution in [1.82, 2.24) is 20.5 Å². The molecule has 9 nitrogen and oxygen atoms in total. The van der Waals surface area contributed by atoms with Gasteiger partial charge in [-0.1, -0.05) is 17.0 Å². The normalized spacial score (nSPS) is 10.5. The van der Waals surface area contributed by atoms with Gasteiger partial charge in [0.05, 0.1) is 19.2 Å². The van der Waals surface area contributed by atoms with E-state index in [0.29, 0.717) is 29.7 Å². The highest BCUT2D eigenvalue weighted by molar-refractivity contribution is 5.93. The molecule has 0 radical (unpaired) electrons. The monoisotopic (exact) mass is 384 g/mol. The highest BCUT2D eigenvalue weighted by atomic mass is 16.7. The number of rotatable bonds is 8. The highest BCUT2D eigenvalue weighted by Crippen LogP contribution is 2.13. The zero-order valence-electron chi connectivity index (χ0n) is 15.5. The van der Waals surface area contributed by atoms with Gasteiger partial charge in [-0.15, -0.1) is 5.10 Å². The van der Waals surface area contributed by atoms with Gasteiger partial charge in [0.15, 0.2) is 6.61 Å². The van der Waals surface area contributed by atoms with E-state index in [-0.39, 0.29) is 12.5 Å². The first-order chi connectivity index (χ1) is 13.6. The molecule has 1 heterocycles. The molecular formula is C19H20N4O5. The van der Waals surface area contributed by atoms with Gasteiger partial charge in [0.1, 0.15) is 23.4 Å². The topological polar surface area (TPSA) is 105 Å². The van der Waals surface area contributed by atoms with Crippen LogP contribution in [0.15, 0.2) is 42.5 Å². The van der Waals surface area contributed by atoms with Crippen LogP contribution in [0.1, 0.15) is 15.9 Å². The fraction of sp³-hybridized carbons (Fsp3) is 0.263. The number of esters is 1. The van der Waals surface area contributed by atoms with Gasteiger partial charge < -0.3 is 19.6 Å². The predicted octanol–water partition coefficient (Wildman–Crippen LogP) is 1.15. The second-order valence-electron chi connectivity index (χ2n) is 5.95. The number of hydrogen-bond acceptors (Lipinski definition) is 7. The first-order valence-corrected chi connectivity index (χ1v) is 8.60. The third kappa shape index (κ3) is 4.76. The van der Waals surface area contributed by atoms with Crippen molar-refractivity contribution in [2.24, 2.45) is 0 Å². The third-order valence-electron chi connectivity index (χ3n) is 3.84. The Kier molecular flexibility index (Phi) is 6.05. The van der Waals surface area contributed by atoms with Crippen molar-refractivity contribution in [1.29, 1.82) is 0 Å². The molecule has 3 rings (SSSR count). The Morgan fingerprint density at radius 3 is 2.82 bits per heavy atom. The van der Waals surface area contributed by atoms with Gasteiger partial charge in [-0.2, -0.15) is 0 Å². The number of carbonyl (C=O) groups excluding carboxylic acids is 2. The van der Waals surface area contributed by atoms with E-state index in [1.54, 1.807) is 12.1 Å². The maximum absolute atomic E-state index is 11.9. The van der Waals surface area contributed by atoms with E-state index in [0.717, 1.165) is 16.2 Å². The Morgan fingerprint density at radius 2 is 2.04 bits per heavy atom. The molecule has 1 N–H and O–H groups in total. The molecule has 3 aromatic rings. The first kappa shape index (κ1) is 19.2. The van der Waals surface area contributed by atoms with Gasteiger partial charge in [0.25, 0.3) is 5.91 Å². The van der Waals surface area contributed by atoms with Crippen molar-refractivity contribution in [3.63, 3.8) is 0 Å². The summed E-state index contributed by atoms with van der Waals surface area (Å²) in [5.41, 5.74) is 2.42. The number of nitrogens with zero attached hydrogens (tertiary/aromatic N) is 3. The van der Waals surface area contributed by atoms with Crippen LogP contribution < -0.4 is 14.9 Å². The van der Waals surface area contributed by atoms with Gasteiger partial charge in [-0.05, 0) is 48.0 Å². The quantitative estimate of drug-likeness (QED) is 0.459. The molecule has 2 aromatic carbocycles. The smallest absolute Gasteiger partial charge is 0.337 e. The van der Waals surface area contributed by atoms with Crippen molar-refractivity contribution < 1.29 is 23.9 Å². The van der Waals surface area contributed by atoms with Crippen LogP contribution in [0.3, 0.4) is 0 Å². The summed E-state index contributed by atoms with van der Waals surface area (Å²) in [5, 5.41) is 10.4. The van der Waals surface area contributed by atoms with E-state index >= 15 is 0 Å². The molecule has 9 heteroatoms. The minimum absolute atomic E-state index is 0.259. The Bertz CT molecular complexity index is 985. The number of methoxy groups -OCH3 is 1. The number of carbonyl (C=O) groups is 2. The van der Waals surface area contributed by atoms with Crippen LogP contribution in [-0.2, 0) is 9.53 Å². The lowest BCUT2D eigenvalue weighted by atomic mass is 10.2. The number of aromatic nitrogens is 3. The van der Waals surface area contributed by atoms with Crippen LogP contribution >= 0.6 is 0 Å². The second-order valence-corrected chi connectivity index (χ2v) is 5.95. The number of nitrogens with one attached hydrogen (secondary N) is 1. The summed E-state index contributed by atoms with van der Waals surface area (Å²) >= 11 is 0. The van der Waals surface area contributed by atoms with E-state index in [2.05, 4.69) is 20.4 Å². The average Bonchev–Trinajstić information content (AvgIpc) is 3.11. The van der Waals surface area contributed by atoms with Crippen LogP contribution in [-0.4, -0.2) is 53.9 Å². The molecule has 0 saturated carbocycles. The number of fused-ring (bicyclic) bond motifs is 1. The van der Waals surface area contributed by atoms with Crippen LogP contribution in [0, 0.1) is 6.92 Å². The summed E-state index contributed by atoms with van der Waals surface area (Å²) in [6.45, 7) is 2.39. The van der Waals surface area contributed by atoms with Gasteiger partial charge in [0.2, 0.25) is 0 Å². The number of hydrogen-bond donors (Lipinski definition) is 1. The molecule has 0 bridgehead atoms. The summed E-state index contributed by atoms with van der Waals surface area (Å²) in [7, 11) is 1.30. The molecule has 0 unspecified atom stereocenters. The van der Waals surface area contributed by atoms with E-state index in [9.17, 15) is 9.59 Å². The predicted molar refractivity (Wildman–Crippen MR) is 100.0 cm³/mol. The fourth-order valence-corrected chi connectivity index (χ4v) is 2.47. The molecular weight excluding hydrogens is 364 g/mol. The molecule has 0 saturated heterocycles. The largest absolute Gasteiger partial charge is 0.492 e. The molecule has 0 fully saturated rings. The Labute approximate surface area is 161 Å². The van der Waals surface area contributed by atoms with Crippen molar-refractivity contribution in [3.05, 3.63) is 53.6 Å². The summed E-state index contributed by atoms with van der Waals surface area (Å²) in [4.78, 5) is 30.0. The Balaban J connectivity index is 1.48. The number of benzene rings is 2. The molecule has 0 aliphatic heterocycles. The Hall–Kier alpha value is -3.62. The van der Waals surface area contributed by atoms with Crippen molar-refractivity contribution in [2.45, 2.75) is 6.92 Å². The second kappa shape index (κ2) is 8.85. The fourth-order valence-electron chi connectivity index (χ4n) is 2.47. The van der Waals surface area contributed by atoms with Gasteiger partial charge in [-0.3, -0.25) is 4.79 Å². The standard InChI is InChI=1S/C19H20N4O5/c1-13-4-3-5-15(10-13)27-9-8-20-18(24)12-28-23-17-11-14(19(25)26-2)6-7-16(17)21-22-23/h3-7,10-11H,8-9,12H2,1-2H3,(H,20,24). The Morgan fingerprint density at radius 1 is 1.18 bits per heavy atom. The molecule has 28 heavy (non-hydrogen) atoms. The molecule has 1 aromatic heterocycles.